The number of ether oxygens (including phenoxy) is 1. The molecule has 0 heterocycles. The third-order valence-electron chi connectivity index (χ3n) is 2.60. The van der Waals surface area contributed by atoms with E-state index in [1.54, 1.807) is 0 Å². The van der Waals surface area contributed by atoms with Crippen molar-refractivity contribution in [3.05, 3.63) is 24.3 Å². The molecule has 0 saturated carbocycles. The second-order valence-corrected chi connectivity index (χ2v) is 4.65. The van der Waals surface area contributed by atoms with Gasteiger partial charge in [0.1, 0.15) is 5.75 Å². The molecule has 96 valence electrons. The molecule has 0 aliphatic carbocycles. The fourth-order valence-electron chi connectivity index (χ4n) is 1.74. The Balaban J connectivity index is 2.40. The highest BCUT2D eigenvalue weighted by molar-refractivity contribution is 5.56. The van der Waals surface area contributed by atoms with Crippen molar-refractivity contribution in [2.45, 2.75) is 52.6 Å². The molecule has 17 heavy (non-hydrogen) atoms. The molecule has 1 aromatic rings. The van der Waals surface area contributed by atoms with Crippen LogP contribution in [0.15, 0.2) is 24.3 Å². The van der Waals surface area contributed by atoms with E-state index in [1.807, 2.05) is 18.2 Å². The van der Waals surface area contributed by atoms with Crippen LogP contribution in [0.3, 0.4) is 0 Å². The monoisotopic (exact) mass is 235 g/mol. The fraction of sp³-hybridized carbons (Fsp3) is 0.600. The molecule has 0 amide bonds. The smallest absolute Gasteiger partial charge is 0.142 e. The van der Waals surface area contributed by atoms with E-state index in [2.05, 4.69) is 32.2 Å². The standard InChI is InChI=1S/C15H25NO/c1-4-5-6-9-12-16-14-10-7-8-11-15(14)17-13(2)3/h7-8,10-11,13,16H,4-6,9,12H2,1-3H3. The van der Waals surface area contributed by atoms with Crippen LogP contribution in [0.1, 0.15) is 46.5 Å². The van der Waals surface area contributed by atoms with E-state index >= 15 is 0 Å². The SMILES string of the molecule is CCCCCCNc1ccccc1OC(C)C. The molecule has 0 fully saturated rings. The van der Waals surface area contributed by atoms with E-state index in [0.29, 0.717) is 0 Å². The largest absolute Gasteiger partial charge is 0.489 e. The van der Waals surface area contributed by atoms with E-state index in [0.717, 1.165) is 18.0 Å². The molecule has 1 aromatic carbocycles. The van der Waals surface area contributed by atoms with E-state index in [1.165, 1.54) is 25.7 Å². The Morgan fingerprint density at radius 1 is 1.12 bits per heavy atom. The lowest BCUT2D eigenvalue weighted by Crippen LogP contribution is -2.09. The maximum atomic E-state index is 5.76. The van der Waals surface area contributed by atoms with Gasteiger partial charge in [-0.15, -0.1) is 0 Å². The van der Waals surface area contributed by atoms with Crippen molar-refractivity contribution in [2.75, 3.05) is 11.9 Å². The van der Waals surface area contributed by atoms with Gasteiger partial charge in [0.2, 0.25) is 0 Å². The molecule has 0 atom stereocenters. The molecule has 2 heteroatoms. The summed E-state index contributed by atoms with van der Waals surface area (Å²) in [5.41, 5.74) is 1.11. The summed E-state index contributed by atoms with van der Waals surface area (Å²) in [6, 6.07) is 8.16. The van der Waals surface area contributed by atoms with Gasteiger partial charge in [-0.1, -0.05) is 38.3 Å². The van der Waals surface area contributed by atoms with Crippen molar-refractivity contribution in [2.24, 2.45) is 0 Å². The number of unbranched alkanes of at least 4 members (excludes halogenated alkanes) is 3. The lowest BCUT2D eigenvalue weighted by Gasteiger charge is -2.15. The minimum atomic E-state index is 0.220. The molecule has 1 rings (SSSR count). The zero-order valence-electron chi connectivity index (χ0n) is 11.3. The van der Waals surface area contributed by atoms with Crippen molar-refractivity contribution in [1.29, 1.82) is 0 Å². The zero-order chi connectivity index (χ0) is 12.5. The predicted octanol–water partition coefficient (Wildman–Crippen LogP) is 4.47. The van der Waals surface area contributed by atoms with E-state index in [-0.39, 0.29) is 6.10 Å². The Hall–Kier alpha value is -1.18. The number of para-hydroxylation sites is 2. The summed E-state index contributed by atoms with van der Waals surface area (Å²) in [5.74, 6) is 0.956. The maximum Gasteiger partial charge on any atom is 0.142 e. The summed E-state index contributed by atoms with van der Waals surface area (Å²) in [4.78, 5) is 0. The van der Waals surface area contributed by atoms with Gasteiger partial charge >= 0.3 is 0 Å². The minimum absolute atomic E-state index is 0.220. The Kier molecular flexibility index (Phi) is 6.53. The summed E-state index contributed by atoms with van der Waals surface area (Å²) in [5, 5.41) is 3.45. The molecule has 1 N–H and O–H groups in total. The van der Waals surface area contributed by atoms with Gasteiger partial charge in [0, 0.05) is 6.54 Å². The van der Waals surface area contributed by atoms with Crippen LogP contribution in [-0.4, -0.2) is 12.6 Å². The van der Waals surface area contributed by atoms with Crippen molar-refractivity contribution in [3.8, 4) is 5.75 Å². The normalized spacial score (nSPS) is 10.6. The van der Waals surface area contributed by atoms with Gasteiger partial charge in [0.05, 0.1) is 11.8 Å². The summed E-state index contributed by atoms with van der Waals surface area (Å²) < 4.78 is 5.76. The molecule has 0 aliphatic rings. The first-order valence-electron chi connectivity index (χ1n) is 6.73. The first-order chi connectivity index (χ1) is 8.24. The molecular weight excluding hydrogens is 210 g/mol. The van der Waals surface area contributed by atoms with Crippen LogP contribution < -0.4 is 10.1 Å². The number of hydrogen-bond acceptors (Lipinski definition) is 2. The third kappa shape index (κ3) is 5.62. The topological polar surface area (TPSA) is 21.3 Å². The highest BCUT2D eigenvalue weighted by Crippen LogP contribution is 2.24. The Morgan fingerprint density at radius 3 is 2.59 bits per heavy atom. The average molecular weight is 235 g/mol. The number of hydrogen-bond donors (Lipinski definition) is 1. The lowest BCUT2D eigenvalue weighted by molar-refractivity contribution is 0.243. The highest BCUT2D eigenvalue weighted by Gasteiger charge is 2.03. The first-order valence-corrected chi connectivity index (χ1v) is 6.73. The Labute approximate surface area is 105 Å². The quantitative estimate of drug-likeness (QED) is 0.671. The highest BCUT2D eigenvalue weighted by atomic mass is 16.5. The van der Waals surface area contributed by atoms with Crippen molar-refractivity contribution in [3.63, 3.8) is 0 Å². The minimum Gasteiger partial charge on any atom is -0.489 e. The van der Waals surface area contributed by atoms with Gasteiger partial charge < -0.3 is 10.1 Å². The fourth-order valence-corrected chi connectivity index (χ4v) is 1.74. The van der Waals surface area contributed by atoms with Gasteiger partial charge in [0.15, 0.2) is 0 Å². The number of anilines is 1. The summed E-state index contributed by atoms with van der Waals surface area (Å²) >= 11 is 0. The van der Waals surface area contributed by atoms with Gasteiger partial charge in [0.25, 0.3) is 0 Å². The molecule has 0 aliphatic heterocycles. The maximum absolute atomic E-state index is 5.76. The van der Waals surface area contributed by atoms with Gasteiger partial charge in [-0.2, -0.15) is 0 Å². The Morgan fingerprint density at radius 2 is 1.88 bits per heavy atom. The van der Waals surface area contributed by atoms with Crippen LogP contribution in [0.2, 0.25) is 0 Å². The predicted molar refractivity (Wildman–Crippen MR) is 74.8 cm³/mol. The van der Waals surface area contributed by atoms with Crippen LogP contribution in [0.5, 0.6) is 5.75 Å². The molecule has 0 aromatic heterocycles. The third-order valence-corrected chi connectivity index (χ3v) is 2.60. The molecule has 0 unspecified atom stereocenters. The molecule has 0 bridgehead atoms. The number of rotatable bonds is 8. The van der Waals surface area contributed by atoms with Crippen LogP contribution in [-0.2, 0) is 0 Å². The summed E-state index contributed by atoms with van der Waals surface area (Å²) in [6.45, 7) is 7.37. The van der Waals surface area contributed by atoms with Gasteiger partial charge in [-0.25, -0.2) is 0 Å². The van der Waals surface area contributed by atoms with Crippen LogP contribution in [0.4, 0.5) is 5.69 Å². The molecule has 2 nitrogen and oxygen atoms in total. The van der Waals surface area contributed by atoms with Gasteiger partial charge in [-0.3, -0.25) is 0 Å². The summed E-state index contributed by atoms with van der Waals surface area (Å²) in [7, 11) is 0. The van der Waals surface area contributed by atoms with Crippen LogP contribution >= 0.6 is 0 Å². The summed E-state index contributed by atoms with van der Waals surface area (Å²) in [6.07, 6.45) is 5.36. The zero-order valence-corrected chi connectivity index (χ0v) is 11.3. The van der Waals surface area contributed by atoms with Crippen molar-refractivity contribution >= 4 is 5.69 Å². The second kappa shape index (κ2) is 7.99. The van der Waals surface area contributed by atoms with Crippen LogP contribution in [0, 0.1) is 0 Å². The number of nitrogens with one attached hydrogen (secondary N) is 1. The first kappa shape index (κ1) is 13.9. The molecular formula is C15H25NO. The van der Waals surface area contributed by atoms with E-state index in [4.69, 9.17) is 4.74 Å². The van der Waals surface area contributed by atoms with Crippen LogP contribution in [0.25, 0.3) is 0 Å². The lowest BCUT2D eigenvalue weighted by atomic mass is 10.2. The molecule has 0 spiro atoms. The van der Waals surface area contributed by atoms with Gasteiger partial charge in [-0.05, 0) is 32.4 Å². The molecule has 0 radical (unpaired) electrons. The van der Waals surface area contributed by atoms with E-state index in [9.17, 15) is 0 Å². The second-order valence-electron chi connectivity index (χ2n) is 4.65. The molecule has 0 saturated heterocycles. The average Bonchev–Trinajstić information content (AvgIpc) is 2.30. The van der Waals surface area contributed by atoms with Crippen molar-refractivity contribution in [1.82, 2.24) is 0 Å². The Bertz CT molecular complexity index is 310. The van der Waals surface area contributed by atoms with Crippen molar-refractivity contribution < 1.29 is 4.74 Å². The van der Waals surface area contributed by atoms with E-state index < -0.39 is 0 Å². The number of benzene rings is 1.